The van der Waals surface area contributed by atoms with E-state index in [-0.39, 0.29) is 6.04 Å². The fourth-order valence-electron chi connectivity index (χ4n) is 3.62. The summed E-state index contributed by atoms with van der Waals surface area (Å²) in [5.41, 5.74) is 5.15. The number of hydrogen-bond acceptors (Lipinski definition) is 2. The summed E-state index contributed by atoms with van der Waals surface area (Å²) in [6, 6.07) is 17.9. The van der Waals surface area contributed by atoms with Crippen LogP contribution in [0.4, 0.5) is 0 Å². The third-order valence-corrected chi connectivity index (χ3v) is 5.47. The summed E-state index contributed by atoms with van der Waals surface area (Å²) in [6.07, 6.45) is 0. The maximum absolute atomic E-state index is 12.0. The lowest BCUT2D eigenvalue weighted by atomic mass is 10.1. The molecule has 2 N–H and O–H groups in total. The second-order valence-corrected chi connectivity index (χ2v) is 7.50. The van der Waals surface area contributed by atoms with E-state index in [4.69, 9.17) is 11.6 Å². The van der Waals surface area contributed by atoms with E-state index < -0.39 is 5.97 Å². The van der Waals surface area contributed by atoms with Crippen LogP contribution in [-0.4, -0.2) is 15.6 Å². The lowest BCUT2D eigenvalue weighted by Gasteiger charge is -2.15. The number of halogens is 1. The van der Waals surface area contributed by atoms with E-state index in [0.717, 1.165) is 22.5 Å². The van der Waals surface area contributed by atoms with Crippen molar-refractivity contribution in [3.63, 3.8) is 0 Å². The molecule has 0 spiro atoms. The standard InChI is InChI=1S/C23H25ClN2O2/c1-15(19-9-5-4-6-10-19)25-13-21-16(2)26(17(3)22(21)23(27)28)14-18-8-7-11-20(24)12-18/h4-12,15,25H,13-14H2,1-3H3,(H,27,28). The van der Waals surface area contributed by atoms with Crippen LogP contribution in [0.25, 0.3) is 0 Å². The third-order valence-electron chi connectivity index (χ3n) is 5.24. The minimum absolute atomic E-state index is 0.124. The van der Waals surface area contributed by atoms with Gasteiger partial charge in [0.25, 0.3) is 0 Å². The topological polar surface area (TPSA) is 54.3 Å². The van der Waals surface area contributed by atoms with Gasteiger partial charge < -0.3 is 15.0 Å². The molecule has 0 saturated carbocycles. The molecule has 0 aliphatic rings. The highest BCUT2D eigenvalue weighted by Crippen LogP contribution is 2.25. The molecule has 0 fully saturated rings. The van der Waals surface area contributed by atoms with Crippen LogP contribution in [0.1, 0.15) is 51.4 Å². The summed E-state index contributed by atoms with van der Waals surface area (Å²) in [7, 11) is 0. The predicted molar refractivity (Wildman–Crippen MR) is 113 cm³/mol. The number of carboxylic acids is 1. The fourth-order valence-corrected chi connectivity index (χ4v) is 3.83. The minimum atomic E-state index is -0.894. The zero-order valence-corrected chi connectivity index (χ0v) is 17.1. The summed E-state index contributed by atoms with van der Waals surface area (Å²) in [6.45, 7) is 7.01. The van der Waals surface area contributed by atoms with Crippen molar-refractivity contribution in [1.82, 2.24) is 9.88 Å². The first kappa shape index (κ1) is 20.2. The van der Waals surface area contributed by atoms with Gasteiger partial charge in [0.2, 0.25) is 0 Å². The lowest BCUT2D eigenvalue weighted by Crippen LogP contribution is -2.19. The number of carbonyl (C=O) groups is 1. The number of aromatic nitrogens is 1. The van der Waals surface area contributed by atoms with Gasteiger partial charge in [-0.3, -0.25) is 0 Å². The molecule has 1 atom stereocenters. The minimum Gasteiger partial charge on any atom is -0.478 e. The van der Waals surface area contributed by atoms with Crippen molar-refractivity contribution >= 4 is 17.6 Å². The van der Waals surface area contributed by atoms with Gasteiger partial charge in [-0.1, -0.05) is 54.1 Å². The fraction of sp³-hybridized carbons (Fsp3) is 0.261. The number of carboxylic acid groups (broad SMARTS) is 1. The van der Waals surface area contributed by atoms with Crippen LogP contribution in [-0.2, 0) is 13.1 Å². The SMILES string of the molecule is Cc1c(CNC(C)c2ccccc2)c(C(=O)O)c(C)n1Cc1cccc(Cl)c1. The summed E-state index contributed by atoms with van der Waals surface area (Å²) in [4.78, 5) is 12.0. The molecule has 0 aliphatic carbocycles. The van der Waals surface area contributed by atoms with E-state index in [2.05, 4.69) is 28.9 Å². The first-order valence-corrected chi connectivity index (χ1v) is 9.71. The highest BCUT2D eigenvalue weighted by Gasteiger charge is 2.23. The highest BCUT2D eigenvalue weighted by molar-refractivity contribution is 6.30. The molecule has 0 amide bonds. The first-order valence-electron chi connectivity index (χ1n) is 9.33. The van der Waals surface area contributed by atoms with Crippen molar-refractivity contribution in [3.8, 4) is 0 Å². The summed E-state index contributed by atoms with van der Waals surface area (Å²) < 4.78 is 2.05. The number of nitrogens with one attached hydrogen (secondary N) is 1. The lowest BCUT2D eigenvalue weighted by molar-refractivity contribution is 0.0694. The Morgan fingerprint density at radius 3 is 2.46 bits per heavy atom. The Bertz CT molecular complexity index is 980. The molecule has 4 nitrogen and oxygen atoms in total. The van der Waals surface area contributed by atoms with E-state index in [0.29, 0.717) is 23.7 Å². The van der Waals surface area contributed by atoms with Gasteiger partial charge in [-0.15, -0.1) is 0 Å². The van der Waals surface area contributed by atoms with Crippen LogP contribution in [0, 0.1) is 13.8 Å². The normalized spacial score (nSPS) is 12.1. The Kier molecular flexibility index (Phi) is 6.22. The average molecular weight is 397 g/mol. The predicted octanol–water partition coefficient (Wildman–Crippen LogP) is 5.36. The van der Waals surface area contributed by atoms with Gasteiger partial charge >= 0.3 is 5.97 Å². The van der Waals surface area contributed by atoms with E-state index in [1.54, 1.807) is 0 Å². The van der Waals surface area contributed by atoms with Gasteiger partial charge in [0, 0.05) is 41.1 Å². The van der Waals surface area contributed by atoms with Crippen LogP contribution < -0.4 is 5.32 Å². The molecule has 3 aromatic rings. The van der Waals surface area contributed by atoms with E-state index in [1.807, 2.05) is 56.3 Å². The van der Waals surface area contributed by atoms with Crippen molar-refractivity contribution in [2.24, 2.45) is 0 Å². The van der Waals surface area contributed by atoms with Crippen molar-refractivity contribution in [3.05, 3.63) is 93.3 Å². The van der Waals surface area contributed by atoms with Crippen molar-refractivity contribution in [2.75, 3.05) is 0 Å². The summed E-state index contributed by atoms with van der Waals surface area (Å²) in [5.74, 6) is -0.894. The molecular formula is C23H25ClN2O2. The van der Waals surface area contributed by atoms with Crippen LogP contribution in [0.2, 0.25) is 5.02 Å². The first-order chi connectivity index (χ1) is 13.4. The second-order valence-electron chi connectivity index (χ2n) is 7.06. The molecule has 2 aromatic carbocycles. The van der Waals surface area contributed by atoms with Crippen molar-refractivity contribution in [2.45, 2.75) is 39.9 Å². The maximum Gasteiger partial charge on any atom is 0.337 e. The Morgan fingerprint density at radius 2 is 1.82 bits per heavy atom. The number of hydrogen-bond donors (Lipinski definition) is 2. The zero-order valence-electron chi connectivity index (χ0n) is 16.4. The molecule has 1 unspecified atom stereocenters. The van der Waals surface area contributed by atoms with Gasteiger partial charge in [0.15, 0.2) is 0 Å². The summed E-state index contributed by atoms with van der Waals surface area (Å²) in [5, 5.41) is 14.0. The van der Waals surface area contributed by atoms with Gasteiger partial charge in [-0.05, 0) is 44.0 Å². The number of nitrogens with zero attached hydrogens (tertiary/aromatic N) is 1. The monoisotopic (exact) mass is 396 g/mol. The van der Waals surface area contributed by atoms with E-state index in [1.165, 1.54) is 5.56 Å². The van der Waals surface area contributed by atoms with Crippen molar-refractivity contribution in [1.29, 1.82) is 0 Å². The molecule has 5 heteroatoms. The number of benzene rings is 2. The highest BCUT2D eigenvalue weighted by atomic mass is 35.5. The van der Waals surface area contributed by atoms with Gasteiger partial charge in [-0.2, -0.15) is 0 Å². The molecular weight excluding hydrogens is 372 g/mol. The number of aromatic carboxylic acids is 1. The molecule has 0 aliphatic heterocycles. The zero-order chi connectivity index (χ0) is 20.3. The van der Waals surface area contributed by atoms with Gasteiger partial charge in [0.05, 0.1) is 5.56 Å². The van der Waals surface area contributed by atoms with E-state index >= 15 is 0 Å². The van der Waals surface area contributed by atoms with Crippen LogP contribution in [0.3, 0.4) is 0 Å². The largest absolute Gasteiger partial charge is 0.478 e. The molecule has 0 saturated heterocycles. The molecule has 28 heavy (non-hydrogen) atoms. The quantitative estimate of drug-likeness (QED) is 0.565. The summed E-state index contributed by atoms with van der Waals surface area (Å²) >= 11 is 6.11. The maximum atomic E-state index is 12.0. The van der Waals surface area contributed by atoms with Crippen LogP contribution in [0.15, 0.2) is 54.6 Å². The molecule has 146 valence electrons. The molecule has 0 bridgehead atoms. The third kappa shape index (κ3) is 4.29. The smallest absolute Gasteiger partial charge is 0.337 e. The van der Waals surface area contributed by atoms with E-state index in [9.17, 15) is 9.90 Å². The Labute approximate surface area is 170 Å². The van der Waals surface area contributed by atoms with Crippen LogP contribution >= 0.6 is 11.6 Å². The Hall–Kier alpha value is -2.56. The molecule has 1 aromatic heterocycles. The average Bonchev–Trinajstić information content (AvgIpc) is 2.91. The Balaban J connectivity index is 1.89. The Morgan fingerprint density at radius 1 is 1.11 bits per heavy atom. The van der Waals surface area contributed by atoms with Gasteiger partial charge in [-0.25, -0.2) is 4.79 Å². The molecule has 1 heterocycles. The van der Waals surface area contributed by atoms with Crippen LogP contribution in [0.5, 0.6) is 0 Å². The molecule has 3 rings (SSSR count). The second kappa shape index (κ2) is 8.63. The molecule has 0 radical (unpaired) electrons. The number of rotatable bonds is 7. The van der Waals surface area contributed by atoms with Crippen molar-refractivity contribution < 1.29 is 9.90 Å². The van der Waals surface area contributed by atoms with Gasteiger partial charge in [0.1, 0.15) is 0 Å².